The second-order valence-electron chi connectivity index (χ2n) is 7.21. The standard InChI is InChI=1S/C20H25N3O2/c1-14-18(15(2)25-21-14)13-23-12-16(17-6-3-4-7-19(17)23)9-11-22-10-5-8-20(22)24/h3-4,6-7,16H,5,8-13H2,1-2H3. The SMILES string of the molecule is Cc1noc(C)c1CN1CC(CCN2CCCC2=O)c2ccccc21. The van der Waals surface area contributed by atoms with Crippen molar-refractivity contribution in [3.8, 4) is 0 Å². The van der Waals surface area contributed by atoms with Gasteiger partial charge in [0.05, 0.1) is 5.69 Å². The van der Waals surface area contributed by atoms with Gasteiger partial charge in [-0.15, -0.1) is 0 Å². The van der Waals surface area contributed by atoms with Crippen LogP contribution in [-0.2, 0) is 11.3 Å². The van der Waals surface area contributed by atoms with Crippen LogP contribution in [0.25, 0.3) is 0 Å². The number of aromatic nitrogens is 1. The summed E-state index contributed by atoms with van der Waals surface area (Å²) >= 11 is 0. The first kappa shape index (κ1) is 16.2. The summed E-state index contributed by atoms with van der Waals surface area (Å²) in [6.07, 6.45) is 2.76. The average molecular weight is 339 g/mol. The molecule has 5 heteroatoms. The zero-order valence-electron chi connectivity index (χ0n) is 15.0. The van der Waals surface area contributed by atoms with Gasteiger partial charge in [-0.2, -0.15) is 0 Å². The molecule has 3 heterocycles. The van der Waals surface area contributed by atoms with Crippen molar-refractivity contribution in [2.24, 2.45) is 0 Å². The van der Waals surface area contributed by atoms with E-state index in [-0.39, 0.29) is 0 Å². The number of carbonyl (C=O) groups excluding carboxylic acids is 1. The maximum absolute atomic E-state index is 11.9. The molecule has 1 atom stereocenters. The molecule has 0 radical (unpaired) electrons. The third-order valence-corrected chi connectivity index (χ3v) is 5.61. The molecule has 0 aliphatic carbocycles. The summed E-state index contributed by atoms with van der Waals surface area (Å²) in [4.78, 5) is 16.3. The van der Waals surface area contributed by atoms with Crippen molar-refractivity contribution < 1.29 is 9.32 Å². The van der Waals surface area contributed by atoms with Crippen LogP contribution in [0.15, 0.2) is 28.8 Å². The highest BCUT2D eigenvalue weighted by Gasteiger charge is 2.30. The summed E-state index contributed by atoms with van der Waals surface area (Å²) in [6.45, 7) is 7.60. The molecule has 4 rings (SSSR count). The lowest BCUT2D eigenvalue weighted by molar-refractivity contribution is -0.127. The number of hydrogen-bond acceptors (Lipinski definition) is 4. The Balaban J connectivity index is 1.50. The second kappa shape index (κ2) is 6.54. The van der Waals surface area contributed by atoms with Crippen molar-refractivity contribution >= 4 is 11.6 Å². The Kier molecular flexibility index (Phi) is 4.24. The number of fused-ring (bicyclic) bond motifs is 1. The smallest absolute Gasteiger partial charge is 0.222 e. The Morgan fingerprint density at radius 3 is 2.80 bits per heavy atom. The molecule has 2 aromatic rings. The van der Waals surface area contributed by atoms with Gasteiger partial charge in [0.2, 0.25) is 5.91 Å². The molecule has 25 heavy (non-hydrogen) atoms. The molecule has 1 aromatic heterocycles. The van der Waals surface area contributed by atoms with Crippen molar-refractivity contribution in [3.05, 3.63) is 46.8 Å². The molecular formula is C20H25N3O2. The van der Waals surface area contributed by atoms with Crippen LogP contribution in [0.5, 0.6) is 0 Å². The summed E-state index contributed by atoms with van der Waals surface area (Å²) in [5.74, 6) is 1.70. The summed E-state index contributed by atoms with van der Waals surface area (Å²) in [7, 11) is 0. The third-order valence-electron chi connectivity index (χ3n) is 5.61. The predicted octanol–water partition coefficient (Wildman–Crippen LogP) is 3.41. The van der Waals surface area contributed by atoms with E-state index >= 15 is 0 Å². The molecule has 1 fully saturated rings. The largest absolute Gasteiger partial charge is 0.366 e. The van der Waals surface area contributed by atoms with Crippen LogP contribution in [0.1, 0.15) is 47.8 Å². The zero-order chi connectivity index (χ0) is 17.4. The van der Waals surface area contributed by atoms with Crippen molar-refractivity contribution in [3.63, 3.8) is 0 Å². The number of aryl methyl sites for hydroxylation is 2. The molecular weight excluding hydrogens is 314 g/mol. The molecule has 1 aromatic carbocycles. The number of benzene rings is 1. The summed E-state index contributed by atoms with van der Waals surface area (Å²) < 4.78 is 5.33. The summed E-state index contributed by atoms with van der Waals surface area (Å²) in [5.41, 5.74) is 4.87. The van der Waals surface area contributed by atoms with Gasteiger partial charge in [-0.3, -0.25) is 4.79 Å². The van der Waals surface area contributed by atoms with Crippen LogP contribution < -0.4 is 4.90 Å². The van der Waals surface area contributed by atoms with Crippen molar-refractivity contribution in [2.75, 3.05) is 24.5 Å². The van der Waals surface area contributed by atoms with Gasteiger partial charge >= 0.3 is 0 Å². The molecule has 0 spiro atoms. The third kappa shape index (κ3) is 3.03. The number of nitrogens with zero attached hydrogens (tertiary/aromatic N) is 3. The highest BCUT2D eigenvalue weighted by atomic mass is 16.5. The number of para-hydroxylation sites is 1. The lowest BCUT2D eigenvalue weighted by Crippen LogP contribution is -2.28. The fraction of sp³-hybridized carbons (Fsp3) is 0.500. The van der Waals surface area contributed by atoms with E-state index in [4.69, 9.17) is 4.52 Å². The molecule has 1 unspecified atom stereocenters. The Morgan fingerprint density at radius 2 is 2.08 bits per heavy atom. The van der Waals surface area contributed by atoms with Crippen molar-refractivity contribution in [1.82, 2.24) is 10.1 Å². The lowest BCUT2D eigenvalue weighted by Gasteiger charge is -2.21. The number of anilines is 1. The minimum Gasteiger partial charge on any atom is -0.366 e. The average Bonchev–Trinajstić information content (AvgIpc) is 3.27. The Labute approximate surface area is 148 Å². The summed E-state index contributed by atoms with van der Waals surface area (Å²) in [5, 5.41) is 4.08. The highest BCUT2D eigenvalue weighted by Crippen LogP contribution is 2.39. The van der Waals surface area contributed by atoms with Gasteiger partial charge < -0.3 is 14.3 Å². The van der Waals surface area contributed by atoms with E-state index in [0.29, 0.717) is 11.8 Å². The van der Waals surface area contributed by atoms with E-state index in [1.165, 1.54) is 16.8 Å². The van der Waals surface area contributed by atoms with Crippen LogP contribution in [0.3, 0.4) is 0 Å². The first-order valence-corrected chi connectivity index (χ1v) is 9.17. The molecule has 2 aliphatic heterocycles. The van der Waals surface area contributed by atoms with E-state index in [1.807, 2.05) is 18.7 Å². The molecule has 1 saturated heterocycles. The van der Waals surface area contributed by atoms with Crippen molar-refractivity contribution in [2.45, 2.75) is 45.6 Å². The Hall–Kier alpha value is -2.30. The van der Waals surface area contributed by atoms with Gasteiger partial charge in [-0.05, 0) is 38.3 Å². The normalized spacial score (nSPS) is 19.8. The topological polar surface area (TPSA) is 49.6 Å². The van der Waals surface area contributed by atoms with Gasteiger partial charge in [0.1, 0.15) is 5.76 Å². The molecule has 132 valence electrons. The summed E-state index contributed by atoms with van der Waals surface area (Å²) in [6, 6.07) is 8.66. The second-order valence-corrected chi connectivity index (χ2v) is 7.21. The Morgan fingerprint density at radius 1 is 1.24 bits per heavy atom. The fourth-order valence-electron chi connectivity index (χ4n) is 4.15. The first-order valence-electron chi connectivity index (χ1n) is 9.17. The number of amides is 1. The van der Waals surface area contributed by atoms with Gasteiger partial charge in [-0.25, -0.2) is 0 Å². The van der Waals surface area contributed by atoms with Gasteiger partial charge in [0, 0.05) is 49.8 Å². The number of rotatable bonds is 5. The van der Waals surface area contributed by atoms with E-state index in [0.717, 1.165) is 56.9 Å². The predicted molar refractivity (Wildman–Crippen MR) is 96.6 cm³/mol. The molecule has 0 saturated carbocycles. The quantitative estimate of drug-likeness (QED) is 0.838. The number of likely N-dealkylation sites (tertiary alicyclic amines) is 1. The molecule has 1 amide bonds. The monoisotopic (exact) mass is 339 g/mol. The molecule has 5 nitrogen and oxygen atoms in total. The van der Waals surface area contributed by atoms with E-state index in [9.17, 15) is 4.79 Å². The minimum atomic E-state index is 0.318. The molecule has 2 aliphatic rings. The number of hydrogen-bond donors (Lipinski definition) is 0. The minimum absolute atomic E-state index is 0.318. The zero-order valence-corrected chi connectivity index (χ0v) is 15.0. The maximum Gasteiger partial charge on any atom is 0.222 e. The van der Waals surface area contributed by atoms with Crippen LogP contribution in [0.4, 0.5) is 5.69 Å². The van der Waals surface area contributed by atoms with E-state index in [1.54, 1.807) is 0 Å². The molecule has 0 bridgehead atoms. The lowest BCUT2D eigenvalue weighted by atomic mass is 9.98. The van der Waals surface area contributed by atoms with Gasteiger partial charge in [0.25, 0.3) is 0 Å². The van der Waals surface area contributed by atoms with Crippen LogP contribution in [0.2, 0.25) is 0 Å². The Bertz CT molecular complexity index is 763. The highest BCUT2D eigenvalue weighted by molar-refractivity contribution is 5.78. The van der Waals surface area contributed by atoms with E-state index in [2.05, 4.69) is 34.3 Å². The van der Waals surface area contributed by atoms with E-state index < -0.39 is 0 Å². The van der Waals surface area contributed by atoms with Crippen LogP contribution in [0, 0.1) is 13.8 Å². The maximum atomic E-state index is 11.9. The first-order chi connectivity index (χ1) is 12.1. The number of carbonyl (C=O) groups is 1. The van der Waals surface area contributed by atoms with Gasteiger partial charge in [-0.1, -0.05) is 23.4 Å². The molecule has 0 N–H and O–H groups in total. The van der Waals surface area contributed by atoms with Gasteiger partial charge in [0.15, 0.2) is 0 Å². The van der Waals surface area contributed by atoms with Crippen LogP contribution >= 0.6 is 0 Å². The fourth-order valence-corrected chi connectivity index (χ4v) is 4.15. The van der Waals surface area contributed by atoms with Crippen molar-refractivity contribution in [1.29, 1.82) is 0 Å². The van der Waals surface area contributed by atoms with Crippen LogP contribution in [-0.4, -0.2) is 35.6 Å².